The first-order valence-electron chi connectivity index (χ1n) is 7.98. The molecule has 5 nitrogen and oxygen atoms in total. The quantitative estimate of drug-likeness (QED) is 0.683. The molecule has 138 valence electrons. The summed E-state index contributed by atoms with van der Waals surface area (Å²) in [6, 6.07) is 5.99. The number of nitrogens with one attached hydrogen (secondary N) is 1. The van der Waals surface area contributed by atoms with Gasteiger partial charge in [-0.2, -0.15) is 13.2 Å². The molecule has 27 heavy (non-hydrogen) atoms. The third-order valence-corrected chi connectivity index (χ3v) is 5.46. The van der Waals surface area contributed by atoms with Crippen LogP contribution < -0.4 is 11.1 Å². The van der Waals surface area contributed by atoms with Crippen LogP contribution in [0.25, 0.3) is 10.2 Å². The molecule has 0 aliphatic heterocycles. The van der Waals surface area contributed by atoms with E-state index in [4.69, 9.17) is 5.73 Å². The summed E-state index contributed by atoms with van der Waals surface area (Å²) in [6.45, 7) is 0. The molecule has 0 saturated carbocycles. The predicted molar refractivity (Wildman–Crippen MR) is 96.1 cm³/mol. The maximum atomic E-state index is 12.8. The number of aryl methyl sites for hydroxylation is 1. The Balaban J connectivity index is 1.68. The minimum absolute atomic E-state index is 0.0114. The number of halogens is 3. The van der Waals surface area contributed by atoms with Gasteiger partial charge in [-0.3, -0.25) is 9.59 Å². The van der Waals surface area contributed by atoms with Crippen molar-refractivity contribution in [3.05, 3.63) is 52.0 Å². The SMILES string of the molecule is Nc1c(C(=O)Nc2cccc(C(F)(F)F)c2)sc2nc3c(cc12)C(=O)CC3. The number of carbonyl (C=O) groups excluding carboxylic acids is 2. The standard InChI is InChI=1S/C18H12F3N3O2S/c19-18(20,21)8-2-1-3-9(6-8)23-16(26)15-14(22)11-7-10-12(4-5-13(10)25)24-17(11)27-15/h1-3,6-7H,4-5,22H2,(H,23,26). The number of anilines is 2. The topological polar surface area (TPSA) is 85.1 Å². The van der Waals surface area contributed by atoms with Crippen molar-refractivity contribution in [2.75, 3.05) is 11.1 Å². The number of nitrogen functional groups attached to an aromatic ring is 1. The average molecular weight is 391 g/mol. The second-order valence-corrected chi connectivity index (χ2v) is 7.14. The molecular formula is C18H12F3N3O2S. The highest BCUT2D eigenvalue weighted by molar-refractivity contribution is 7.21. The number of rotatable bonds is 2. The number of thiophene rings is 1. The molecule has 0 unspecified atom stereocenters. The second-order valence-electron chi connectivity index (χ2n) is 6.14. The molecule has 0 fully saturated rings. The third kappa shape index (κ3) is 3.03. The predicted octanol–water partition coefficient (Wildman–Crippen LogP) is 4.28. The van der Waals surface area contributed by atoms with Crippen LogP contribution in [0.1, 0.15) is 37.7 Å². The summed E-state index contributed by atoms with van der Waals surface area (Å²) < 4.78 is 38.4. The van der Waals surface area contributed by atoms with Crippen LogP contribution in [0.3, 0.4) is 0 Å². The van der Waals surface area contributed by atoms with Crippen LogP contribution in [-0.4, -0.2) is 16.7 Å². The average Bonchev–Trinajstić information content (AvgIpc) is 3.13. The maximum Gasteiger partial charge on any atom is 0.416 e. The lowest BCUT2D eigenvalue weighted by atomic mass is 10.1. The minimum Gasteiger partial charge on any atom is -0.397 e. The lowest BCUT2D eigenvalue weighted by Crippen LogP contribution is -2.13. The number of nitrogens with two attached hydrogens (primary N) is 1. The molecule has 0 atom stereocenters. The van der Waals surface area contributed by atoms with Gasteiger partial charge >= 0.3 is 6.18 Å². The summed E-state index contributed by atoms with van der Waals surface area (Å²) in [5.74, 6) is -0.638. The van der Waals surface area contributed by atoms with Gasteiger partial charge < -0.3 is 11.1 Å². The Labute approximate surface area is 155 Å². The number of ketones is 1. The Bertz CT molecular complexity index is 1110. The number of hydrogen-bond acceptors (Lipinski definition) is 5. The van der Waals surface area contributed by atoms with Gasteiger partial charge in [0, 0.05) is 23.1 Å². The third-order valence-electron chi connectivity index (χ3n) is 4.34. The molecule has 1 aromatic carbocycles. The van der Waals surface area contributed by atoms with Crippen LogP contribution in [0.15, 0.2) is 30.3 Å². The van der Waals surface area contributed by atoms with Crippen molar-refractivity contribution in [3.8, 4) is 0 Å². The highest BCUT2D eigenvalue weighted by Gasteiger charge is 2.31. The van der Waals surface area contributed by atoms with Crippen LogP contribution in [0.5, 0.6) is 0 Å². The molecule has 4 rings (SSSR count). The van der Waals surface area contributed by atoms with Crippen molar-refractivity contribution in [2.45, 2.75) is 19.0 Å². The van der Waals surface area contributed by atoms with Crippen LogP contribution in [-0.2, 0) is 12.6 Å². The second kappa shape index (κ2) is 6.05. The molecule has 1 aliphatic rings. The first kappa shape index (κ1) is 17.5. The van der Waals surface area contributed by atoms with Crippen LogP contribution >= 0.6 is 11.3 Å². The summed E-state index contributed by atoms with van der Waals surface area (Å²) >= 11 is 1.05. The number of aromatic nitrogens is 1. The van der Waals surface area contributed by atoms with Gasteiger partial charge in [0.1, 0.15) is 9.71 Å². The van der Waals surface area contributed by atoms with Crippen molar-refractivity contribution in [2.24, 2.45) is 0 Å². The molecule has 0 saturated heterocycles. The van der Waals surface area contributed by atoms with E-state index >= 15 is 0 Å². The van der Waals surface area contributed by atoms with Gasteiger partial charge in [-0.25, -0.2) is 4.98 Å². The normalized spacial score (nSPS) is 13.8. The number of carbonyl (C=O) groups is 2. The summed E-state index contributed by atoms with van der Waals surface area (Å²) in [5, 5.41) is 2.94. The molecule has 3 aromatic rings. The molecule has 1 aliphatic carbocycles. The van der Waals surface area contributed by atoms with Gasteiger partial charge in [0.2, 0.25) is 0 Å². The van der Waals surface area contributed by atoms with Crippen molar-refractivity contribution < 1.29 is 22.8 Å². The van der Waals surface area contributed by atoms with Crippen LogP contribution in [0, 0.1) is 0 Å². The van der Waals surface area contributed by atoms with E-state index in [0.29, 0.717) is 34.3 Å². The van der Waals surface area contributed by atoms with Crippen LogP contribution in [0.4, 0.5) is 24.5 Å². The Morgan fingerprint density at radius 3 is 2.74 bits per heavy atom. The van der Waals surface area contributed by atoms with Gasteiger partial charge in [-0.15, -0.1) is 11.3 Å². The molecule has 9 heteroatoms. The highest BCUT2D eigenvalue weighted by Crippen LogP contribution is 2.36. The fourth-order valence-corrected chi connectivity index (χ4v) is 4.00. The Kier molecular flexibility index (Phi) is 3.92. The molecule has 2 aromatic heterocycles. The van der Waals surface area contributed by atoms with Gasteiger partial charge in [0.25, 0.3) is 5.91 Å². The monoisotopic (exact) mass is 391 g/mol. The van der Waals surface area contributed by atoms with Crippen molar-refractivity contribution in [3.63, 3.8) is 0 Å². The number of benzene rings is 1. The number of alkyl halides is 3. The first-order chi connectivity index (χ1) is 12.7. The minimum atomic E-state index is -4.51. The summed E-state index contributed by atoms with van der Waals surface area (Å²) in [5.41, 5.74) is 6.55. The Morgan fingerprint density at radius 1 is 1.22 bits per heavy atom. The van der Waals surface area contributed by atoms with Crippen molar-refractivity contribution >= 4 is 44.6 Å². The molecule has 0 radical (unpaired) electrons. The summed E-state index contributed by atoms with van der Waals surface area (Å²) in [7, 11) is 0. The van der Waals surface area contributed by atoms with Gasteiger partial charge in [-0.1, -0.05) is 6.07 Å². The van der Waals surface area contributed by atoms with E-state index in [0.717, 1.165) is 23.5 Å². The van der Waals surface area contributed by atoms with E-state index < -0.39 is 17.6 Å². The molecule has 3 N–H and O–H groups in total. The largest absolute Gasteiger partial charge is 0.416 e. The smallest absolute Gasteiger partial charge is 0.397 e. The molecule has 2 heterocycles. The Morgan fingerprint density at radius 2 is 2.00 bits per heavy atom. The number of amides is 1. The number of Topliss-reactive ketones (excluding diaryl/α,β-unsaturated/α-hetero) is 1. The maximum absolute atomic E-state index is 12.8. The lowest BCUT2D eigenvalue weighted by Gasteiger charge is -2.09. The van der Waals surface area contributed by atoms with Crippen molar-refractivity contribution in [1.82, 2.24) is 4.98 Å². The zero-order valence-electron chi connectivity index (χ0n) is 13.7. The Hall–Kier alpha value is -2.94. The van der Waals surface area contributed by atoms with Crippen LogP contribution in [0.2, 0.25) is 0 Å². The van der Waals surface area contributed by atoms with E-state index in [1.165, 1.54) is 12.1 Å². The zero-order chi connectivity index (χ0) is 19.3. The van der Waals surface area contributed by atoms with E-state index in [9.17, 15) is 22.8 Å². The molecule has 0 spiro atoms. The van der Waals surface area contributed by atoms with E-state index in [1.807, 2.05) is 0 Å². The highest BCUT2D eigenvalue weighted by atomic mass is 32.1. The van der Waals surface area contributed by atoms with Gasteiger partial charge in [0.15, 0.2) is 5.78 Å². The number of fused-ring (bicyclic) bond motifs is 2. The van der Waals surface area contributed by atoms with E-state index in [2.05, 4.69) is 10.3 Å². The number of hydrogen-bond donors (Lipinski definition) is 2. The fourth-order valence-electron chi connectivity index (χ4n) is 3.01. The van der Waals surface area contributed by atoms with E-state index in [-0.39, 0.29) is 22.0 Å². The molecular weight excluding hydrogens is 379 g/mol. The first-order valence-corrected chi connectivity index (χ1v) is 8.79. The van der Waals surface area contributed by atoms with Gasteiger partial charge in [-0.05, 0) is 30.7 Å². The van der Waals surface area contributed by atoms with E-state index in [1.54, 1.807) is 6.07 Å². The zero-order valence-corrected chi connectivity index (χ0v) is 14.5. The summed E-state index contributed by atoms with van der Waals surface area (Å²) in [4.78, 5) is 29.5. The van der Waals surface area contributed by atoms with Crippen molar-refractivity contribution in [1.29, 1.82) is 0 Å². The fraction of sp³-hybridized carbons (Fsp3) is 0.167. The molecule has 0 bridgehead atoms. The van der Waals surface area contributed by atoms with Gasteiger partial charge in [0.05, 0.1) is 16.9 Å². The lowest BCUT2D eigenvalue weighted by molar-refractivity contribution is -0.137. The molecule has 1 amide bonds. The number of pyridine rings is 1. The number of nitrogens with zero attached hydrogens (tertiary/aromatic N) is 1. The summed E-state index contributed by atoms with van der Waals surface area (Å²) in [6.07, 6.45) is -3.55.